The highest BCUT2D eigenvalue weighted by atomic mass is 79.9. The number of nitrogens with zero attached hydrogens (tertiary/aromatic N) is 3. The average Bonchev–Trinajstić information content (AvgIpc) is 3.28. The standard InChI is InChI=1S/C24H33BrN4O2S/c25-20-11-9-18(10-12-20)23-27-22(31-28-23)17-29-14-4-6-19(16-29)24(30)26-13-5-15-32-21-7-2-1-3-8-21/h9-12,19,21H,1-8,13-17H2,(H,26,30). The van der Waals surface area contributed by atoms with E-state index in [0.717, 1.165) is 59.9 Å². The Balaban J connectivity index is 1.18. The number of hydrogen-bond acceptors (Lipinski definition) is 6. The number of carbonyl (C=O) groups excluding carboxylic acids is 1. The van der Waals surface area contributed by atoms with Crippen molar-refractivity contribution in [2.75, 3.05) is 25.4 Å². The summed E-state index contributed by atoms with van der Waals surface area (Å²) in [6.07, 6.45) is 9.97. The Morgan fingerprint density at radius 3 is 2.78 bits per heavy atom. The summed E-state index contributed by atoms with van der Waals surface area (Å²) >= 11 is 5.54. The molecule has 1 aliphatic heterocycles. The van der Waals surface area contributed by atoms with Crippen molar-refractivity contribution in [3.8, 4) is 11.4 Å². The van der Waals surface area contributed by atoms with Gasteiger partial charge in [-0.25, -0.2) is 0 Å². The highest BCUT2D eigenvalue weighted by Gasteiger charge is 2.26. The Labute approximate surface area is 203 Å². The lowest BCUT2D eigenvalue weighted by Crippen LogP contribution is -2.43. The molecule has 174 valence electrons. The van der Waals surface area contributed by atoms with Crippen LogP contribution in [-0.4, -0.2) is 51.6 Å². The summed E-state index contributed by atoms with van der Waals surface area (Å²) in [6, 6.07) is 7.86. The third kappa shape index (κ3) is 7.06. The van der Waals surface area contributed by atoms with E-state index in [0.29, 0.717) is 18.3 Å². The van der Waals surface area contributed by atoms with Gasteiger partial charge >= 0.3 is 0 Å². The maximum atomic E-state index is 12.7. The molecule has 1 aromatic heterocycles. The number of amides is 1. The van der Waals surface area contributed by atoms with Crippen LogP contribution in [0.3, 0.4) is 0 Å². The van der Waals surface area contributed by atoms with Crippen molar-refractivity contribution in [3.05, 3.63) is 34.6 Å². The maximum Gasteiger partial charge on any atom is 0.241 e. The topological polar surface area (TPSA) is 71.3 Å². The van der Waals surface area contributed by atoms with Crippen molar-refractivity contribution in [2.45, 2.75) is 63.2 Å². The zero-order valence-corrected chi connectivity index (χ0v) is 21.0. The van der Waals surface area contributed by atoms with E-state index in [9.17, 15) is 4.79 Å². The highest BCUT2D eigenvalue weighted by molar-refractivity contribution is 9.10. The number of likely N-dealkylation sites (tertiary alicyclic amines) is 1. The van der Waals surface area contributed by atoms with E-state index >= 15 is 0 Å². The molecule has 2 fully saturated rings. The summed E-state index contributed by atoms with van der Waals surface area (Å²) in [4.78, 5) is 19.5. The lowest BCUT2D eigenvalue weighted by molar-refractivity contribution is -0.126. The number of carbonyl (C=O) groups is 1. The molecular weight excluding hydrogens is 488 g/mol. The molecule has 0 spiro atoms. The molecule has 1 unspecified atom stereocenters. The molecule has 2 heterocycles. The minimum absolute atomic E-state index is 0.0450. The van der Waals surface area contributed by atoms with Crippen LogP contribution >= 0.6 is 27.7 Å². The van der Waals surface area contributed by atoms with Gasteiger partial charge in [0.2, 0.25) is 17.6 Å². The second-order valence-corrected chi connectivity index (χ2v) is 11.2. The minimum Gasteiger partial charge on any atom is -0.356 e. The van der Waals surface area contributed by atoms with Gasteiger partial charge in [-0.2, -0.15) is 16.7 Å². The van der Waals surface area contributed by atoms with Gasteiger partial charge < -0.3 is 9.84 Å². The smallest absolute Gasteiger partial charge is 0.241 e. The van der Waals surface area contributed by atoms with E-state index in [-0.39, 0.29) is 11.8 Å². The quantitative estimate of drug-likeness (QED) is 0.453. The molecule has 6 nitrogen and oxygen atoms in total. The number of piperidine rings is 1. The van der Waals surface area contributed by atoms with Gasteiger partial charge in [0.25, 0.3) is 0 Å². The molecular formula is C24H33BrN4O2S. The first-order valence-corrected chi connectivity index (χ1v) is 13.7. The van der Waals surface area contributed by atoms with Gasteiger partial charge in [0.05, 0.1) is 12.5 Å². The van der Waals surface area contributed by atoms with Crippen LogP contribution in [-0.2, 0) is 11.3 Å². The summed E-state index contributed by atoms with van der Waals surface area (Å²) < 4.78 is 6.49. The molecule has 1 saturated carbocycles. The Kier molecular flexibility index (Phi) is 9.05. The van der Waals surface area contributed by atoms with Crippen LogP contribution in [0, 0.1) is 5.92 Å². The Bertz CT molecular complexity index is 854. The van der Waals surface area contributed by atoms with Crippen molar-refractivity contribution in [1.82, 2.24) is 20.4 Å². The molecule has 2 aliphatic rings. The first-order valence-electron chi connectivity index (χ1n) is 11.9. The maximum absolute atomic E-state index is 12.7. The lowest BCUT2D eigenvalue weighted by Gasteiger charge is -2.30. The predicted molar refractivity (Wildman–Crippen MR) is 132 cm³/mol. The van der Waals surface area contributed by atoms with Crippen LogP contribution in [0.5, 0.6) is 0 Å². The number of hydrogen-bond donors (Lipinski definition) is 1. The Morgan fingerprint density at radius 1 is 1.16 bits per heavy atom. The van der Waals surface area contributed by atoms with E-state index in [1.54, 1.807) is 0 Å². The lowest BCUT2D eigenvalue weighted by atomic mass is 9.97. The number of thioether (sulfide) groups is 1. The number of benzene rings is 1. The van der Waals surface area contributed by atoms with Gasteiger partial charge in [-0.1, -0.05) is 40.3 Å². The van der Waals surface area contributed by atoms with Crippen LogP contribution in [0.1, 0.15) is 57.3 Å². The first-order chi connectivity index (χ1) is 15.7. The number of rotatable bonds is 9. The largest absolute Gasteiger partial charge is 0.356 e. The van der Waals surface area contributed by atoms with E-state index in [1.807, 2.05) is 24.3 Å². The second-order valence-electron chi connectivity index (χ2n) is 8.87. The summed E-state index contributed by atoms with van der Waals surface area (Å²) in [5, 5.41) is 8.14. The molecule has 1 aliphatic carbocycles. The Morgan fingerprint density at radius 2 is 1.97 bits per heavy atom. The molecule has 1 atom stereocenters. The molecule has 32 heavy (non-hydrogen) atoms. The zero-order chi connectivity index (χ0) is 22.2. The summed E-state index contributed by atoms with van der Waals surface area (Å²) in [5.41, 5.74) is 0.931. The first kappa shape index (κ1) is 23.8. The van der Waals surface area contributed by atoms with Crippen LogP contribution in [0.25, 0.3) is 11.4 Å². The number of halogens is 1. The third-order valence-electron chi connectivity index (χ3n) is 6.33. The van der Waals surface area contributed by atoms with Gasteiger partial charge in [-0.3, -0.25) is 9.69 Å². The normalized spacial score (nSPS) is 20.3. The molecule has 0 bridgehead atoms. The Hall–Kier alpha value is -1.38. The van der Waals surface area contributed by atoms with Gasteiger partial charge in [-0.05, 0) is 68.7 Å². The number of nitrogens with one attached hydrogen (secondary N) is 1. The van der Waals surface area contributed by atoms with Crippen molar-refractivity contribution in [3.63, 3.8) is 0 Å². The number of aromatic nitrogens is 2. The van der Waals surface area contributed by atoms with E-state index in [1.165, 1.54) is 32.1 Å². The van der Waals surface area contributed by atoms with Crippen molar-refractivity contribution < 1.29 is 9.32 Å². The van der Waals surface area contributed by atoms with Gasteiger partial charge in [0.15, 0.2) is 0 Å². The van der Waals surface area contributed by atoms with Crippen molar-refractivity contribution in [1.29, 1.82) is 0 Å². The summed E-state index contributed by atoms with van der Waals surface area (Å²) in [7, 11) is 0. The predicted octanol–water partition coefficient (Wildman–Crippen LogP) is 5.28. The fourth-order valence-electron chi connectivity index (χ4n) is 4.55. The zero-order valence-electron chi connectivity index (χ0n) is 18.6. The average molecular weight is 522 g/mol. The minimum atomic E-state index is 0.0450. The third-order valence-corrected chi connectivity index (χ3v) is 8.33. The molecule has 2 aromatic rings. The molecule has 0 radical (unpaired) electrons. The van der Waals surface area contributed by atoms with Gasteiger partial charge in [-0.15, -0.1) is 0 Å². The van der Waals surface area contributed by atoms with Gasteiger partial charge in [0, 0.05) is 28.4 Å². The summed E-state index contributed by atoms with van der Waals surface area (Å²) in [5.74, 6) is 2.59. The second kappa shape index (κ2) is 12.2. The molecule has 8 heteroatoms. The monoisotopic (exact) mass is 520 g/mol. The molecule has 1 saturated heterocycles. The van der Waals surface area contributed by atoms with Crippen LogP contribution < -0.4 is 5.32 Å². The van der Waals surface area contributed by atoms with Gasteiger partial charge in [0.1, 0.15) is 0 Å². The van der Waals surface area contributed by atoms with E-state index < -0.39 is 0 Å². The van der Waals surface area contributed by atoms with Crippen LogP contribution in [0.15, 0.2) is 33.3 Å². The van der Waals surface area contributed by atoms with E-state index in [2.05, 4.69) is 48.0 Å². The highest BCUT2D eigenvalue weighted by Crippen LogP contribution is 2.28. The van der Waals surface area contributed by atoms with E-state index in [4.69, 9.17) is 4.52 Å². The van der Waals surface area contributed by atoms with Crippen LogP contribution in [0.4, 0.5) is 0 Å². The molecule has 1 amide bonds. The fourth-order valence-corrected chi connectivity index (χ4v) is 6.12. The molecule has 1 aromatic carbocycles. The van der Waals surface area contributed by atoms with Crippen LogP contribution in [0.2, 0.25) is 0 Å². The molecule has 1 N–H and O–H groups in total. The molecule has 4 rings (SSSR count). The van der Waals surface area contributed by atoms with Crippen molar-refractivity contribution in [2.24, 2.45) is 5.92 Å². The van der Waals surface area contributed by atoms with Crippen molar-refractivity contribution >= 4 is 33.6 Å². The summed E-state index contributed by atoms with van der Waals surface area (Å²) in [6.45, 7) is 3.08. The SMILES string of the molecule is O=C(NCCCSC1CCCCC1)C1CCCN(Cc2nc(-c3ccc(Br)cc3)no2)C1. The fraction of sp³-hybridized carbons (Fsp3) is 0.625.